The molecule has 6 heteroatoms. The minimum Gasteiger partial charge on any atom is -0.356 e. The molecule has 2 heterocycles. The van der Waals surface area contributed by atoms with Crippen molar-refractivity contribution in [2.24, 2.45) is 0 Å². The lowest BCUT2D eigenvalue weighted by molar-refractivity contribution is -0.138. The first-order chi connectivity index (χ1) is 11.2. The number of hydrogen-bond acceptors (Lipinski definition) is 4. The summed E-state index contributed by atoms with van der Waals surface area (Å²) in [4.78, 5) is 26.6. The minimum absolute atomic E-state index is 0.0108. The Morgan fingerprint density at radius 1 is 1.26 bits per heavy atom. The van der Waals surface area contributed by atoms with Gasteiger partial charge in [0.25, 0.3) is 0 Å². The lowest BCUT2D eigenvalue weighted by Gasteiger charge is -2.23. The number of amides is 2. The van der Waals surface area contributed by atoms with Crippen LogP contribution in [0.4, 0.5) is 0 Å². The van der Waals surface area contributed by atoms with Gasteiger partial charge in [0.05, 0.1) is 6.42 Å². The van der Waals surface area contributed by atoms with Crippen LogP contribution in [-0.2, 0) is 16.0 Å². The van der Waals surface area contributed by atoms with Crippen molar-refractivity contribution in [2.45, 2.75) is 44.2 Å². The molecule has 1 atom stereocenters. The molecule has 0 spiro atoms. The first-order valence-corrected chi connectivity index (χ1v) is 8.15. The molecule has 1 aliphatic carbocycles. The maximum Gasteiger partial charge on any atom is 0.243 e. The molecule has 1 N–H and O–H groups in total. The molecule has 1 aromatic heterocycles. The molecule has 6 nitrogen and oxygen atoms in total. The van der Waals surface area contributed by atoms with Gasteiger partial charge in [-0.1, -0.05) is 17.3 Å². The summed E-state index contributed by atoms with van der Waals surface area (Å²) in [6.07, 6.45) is 3.89. The van der Waals surface area contributed by atoms with Gasteiger partial charge in [0.15, 0.2) is 5.58 Å². The molecule has 1 aliphatic heterocycles. The van der Waals surface area contributed by atoms with E-state index in [4.69, 9.17) is 4.52 Å². The van der Waals surface area contributed by atoms with Crippen molar-refractivity contribution in [3.8, 4) is 0 Å². The monoisotopic (exact) mass is 313 g/mol. The van der Waals surface area contributed by atoms with Gasteiger partial charge >= 0.3 is 0 Å². The van der Waals surface area contributed by atoms with Gasteiger partial charge in [-0.05, 0) is 37.8 Å². The first kappa shape index (κ1) is 14.2. The Morgan fingerprint density at radius 3 is 2.91 bits per heavy atom. The Kier molecular flexibility index (Phi) is 3.52. The van der Waals surface area contributed by atoms with Crippen LogP contribution in [0.5, 0.6) is 0 Å². The quantitative estimate of drug-likeness (QED) is 0.931. The molecule has 1 unspecified atom stereocenters. The van der Waals surface area contributed by atoms with Crippen LogP contribution in [0.2, 0.25) is 0 Å². The molecular weight excluding hydrogens is 294 g/mol. The average Bonchev–Trinajstić information content (AvgIpc) is 3.09. The number of likely N-dealkylation sites (tertiary alicyclic amines) is 1. The predicted molar refractivity (Wildman–Crippen MR) is 83.6 cm³/mol. The van der Waals surface area contributed by atoms with Crippen LogP contribution in [0.3, 0.4) is 0 Å². The van der Waals surface area contributed by atoms with Crippen LogP contribution >= 0.6 is 0 Å². The summed E-state index contributed by atoms with van der Waals surface area (Å²) in [5.41, 5.74) is 1.32. The number of nitrogens with one attached hydrogen (secondary N) is 1. The van der Waals surface area contributed by atoms with Crippen molar-refractivity contribution >= 4 is 22.8 Å². The van der Waals surface area contributed by atoms with Crippen molar-refractivity contribution in [2.75, 3.05) is 6.54 Å². The van der Waals surface area contributed by atoms with Crippen LogP contribution in [0.15, 0.2) is 28.8 Å². The van der Waals surface area contributed by atoms with E-state index in [2.05, 4.69) is 10.5 Å². The predicted octanol–water partition coefficient (Wildman–Crippen LogP) is 1.64. The number of para-hydroxylation sites is 1. The molecule has 0 bridgehead atoms. The van der Waals surface area contributed by atoms with Crippen molar-refractivity contribution in [3.63, 3.8) is 0 Å². The number of hydrogen-bond donors (Lipinski definition) is 1. The third-order valence-electron chi connectivity index (χ3n) is 4.57. The summed E-state index contributed by atoms with van der Waals surface area (Å²) < 4.78 is 5.25. The van der Waals surface area contributed by atoms with Gasteiger partial charge in [-0.25, -0.2) is 0 Å². The van der Waals surface area contributed by atoms with E-state index in [-0.39, 0.29) is 24.3 Å². The fourth-order valence-corrected chi connectivity index (χ4v) is 3.17. The zero-order chi connectivity index (χ0) is 15.8. The van der Waals surface area contributed by atoms with Crippen molar-refractivity contribution in [1.29, 1.82) is 0 Å². The van der Waals surface area contributed by atoms with E-state index in [0.29, 0.717) is 23.9 Å². The van der Waals surface area contributed by atoms with E-state index in [1.54, 1.807) is 4.90 Å². The highest BCUT2D eigenvalue weighted by molar-refractivity contribution is 5.91. The lowest BCUT2D eigenvalue weighted by atomic mass is 10.1. The molecule has 2 amide bonds. The van der Waals surface area contributed by atoms with E-state index in [1.165, 1.54) is 0 Å². The second kappa shape index (κ2) is 5.68. The fraction of sp³-hybridized carbons (Fsp3) is 0.471. The van der Waals surface area contributed by atoms with E-state index < -0.39 is 0 Å². The summed E-state index contributed by atoms with van der Waals surface area (Å²) in [5.74, 6) is -0.0686. The van der Waals surface area contributed by atoms with E-state index in [1.807, 2.05) is 24.3 Å². The molecule has 1 aromatic carbocycles. The van der Waals surface area contributed by atoms with Crippen molar-refractivity contribution in [3.05, 3.63) is 30.0 Å². The van der Waals surface area contributed by atoms with E-state index in [0.717, 1.165) is 31.1 Å². The summed E-state index contributed by atoms with van der Waals surface area (Å²) >= 11 is 0. The molecule has 4 rings (SSSR count). The number of fused-ring (bicyclic) bond motifs is 1. The molecule has 0 radical (unpaired) electrons. The van der Waals surface area contributed by atoms with E-state index >= 15 is 0 Å². The van der Waals surface area contributed by atoms with Gasteiger partial charge < -0.3 is 14.7 Å². The zero-order valence-electron chi connectivity index (χ0n) is 12.8. The second-order valence-electron chi connectivity index (χ2n) is 6.33. The Balaban J connectivity index is 1.48. The third kappa shape index (κ3) is 2.81. The normalized spacial score (nSPS) is 20.9. The maximum absolute atomic E-state index is 12.6. The van der Waals surface area contributed by atoms with Crippen molar-refractivity contribution in [1.82, 2.24) is 15.4 Å². The number of carbonyl (C=O) groups is 2. The summed E-state index contributed by atoms with van der Waals surface area (Å²) in [7, 11) is 0. The largest absolute Gasteiger partial charge is 0.356 e. The lowest BCUT2D eigenvalue weighted by Crippen LogP contribution is -2.47. The number of nitrogens with zero attached hydrogens (tertiary/aromatic N) is 2. The van der Waals surface area contributed by atoms with Gasteiger partial charge in [0.1, 0.15) is 11.7 Å². The van der Waals surface area contributed by atoms with Gasteiger partial charge in [-0.3, -0.25) is 9.59 Å². The van der Waals surface area contributed by atoms with Crippen LogP contribution in [0.25, 0.3) is 11.0 Å². The van der Waals surface area contributed by atoms with Crippen LogP contribution in [-0.4, -0.2) is 40.5 Å². The molecule has 120 valence electrons. The Morgan fingerprint density at radius 2 is 2.09 bits per heavy atom. The van der Waals surface area contributed by atoms with Gasteiger partial charge in [0.2, 0.25) is 11.8 Å². The molecule has 23 heavy (non-hydrogen) atoms. The number of rotatable bonds is 4. The van der Waals surface area contributed by atoms with Gasteiger partial charge in [0, 0.05) is 18.0 Å². The fourth-order valence-electron chi connectivity index (χ4n) is 3.17. The van der Waals surface area contributed by atoms with Gasteiger partial charge in [-0.2, -0.15) is 0 Å². The standard InChI is InChI=1S/C17H19N3O3/c21-16(10-13-12-4-1-2-6-15(12)23-19-13)20-9-3-5-14(20)17(22)18-11-7-8-11/h1-2,4,6,11,14H,3,5,7-10H2,(H,18,22). The average molecular weight is 313 g/mol. The zero-order valence-corrected chi connectivity index (χ0v) is 12.8. The minimum atomic E-state index is -0.332. The highest BCUT2D eigenvalue weighted by atomic mass is 16.5. The van der Waals surface area contributed by atoms with Crippen LogP contribution in [0.1, 0.15) is 31.4 Å². The van der Waals surface area contributed by atoms with Gasteiger partial charge in [-0.15, -0.1) is 0 Å². The van der Waals surface area contributed by atoms with Crippen LogP contribution in [0, 0.1) is 0 Å². The molecule has 2 fully saturated rings. The highest BCUT2D eigenvalue weighted by Gasteiger charge is 2.36. The third-order valence-corrected chi connectivity index (χ3v) is 4.57. The van der Waals surface area contributed by atoms with E-state index in [9.17, 15) is 9.59 Å². The summed E-state index contributed by atoms with van der Waals surface area (Å²) in [6, 6.07) is 7.49. The smallest absolute Gasteiger partial charge is 0.243 e. The molecule has 1 saturated heterocycles. The van der Waals surface area contributed by atoms with Crippen LogP contribution < -0.4 is 5.32 Å². The number of carbonyl (C=O) groups excluding carboxylic acids is 2. The number of aromatic nitrogens is 1. The molecule has 2 aromatic rings. The topological polar surface area (TPSA) is 75.4 Å². The maximum atomic E-state index is 12.6. The molecular formula is C17H19N3O3. The van der Waals surface area contributed by atoms with Crippen molar-refractivity contribution < 1.29 is 14.1 Å². The Bertz CT molecular complexity index is 750. The highest BCUT2D eigenvalue weighted by Crippen LogP contribution is 2.24. The molecule has 1 saturated carbocycles. The first-order valence-electron chi connectivity index (χ1n) is 8.15. The SMILES string of the molecule is O=C(NC1CC1)C1CCCN1C(=O)Cc1noc2ccccc12. The molecule has 2 aliphatic rings. The second-order valence-corrected chi connectivity index (χ2v) is 6.33. The Labute approximate surface area is 133 Å². The Hall–Kier alpha value is -2.37. The summed E-state index contributed by atoms with van der Waals surface area (Å²) in [5, 5.41) is 7.87. The number of benzene rings is 1. The summed E-state index contributed by atoms with van der Waals surface area (Å²) in [6.45, 7) is 0.636.